The molecule has 1 aliphatic carbocycles. The lowest BCUT2D eigenvalue weighted by Gasteiger charge is -2.21. The van der Waals surface area contributed by atoms with Gasteiger partial charge in [-0.1, -0.05) is 5.16 Å². The Balaban J connectivity index is 2.80. The minimum Gasteiger partial charge on any atom is -0.465 e. The second-order valence-electron chi connectivity index (χ2n) is 3.63. The molecule has 0 unspecified atom stereocenters. The van der Waals surface area contributed by atoms with E-state index < -0.39 is 5.41 Å². The van der Waals surface area contributed by atoms with Crippen molar-refractivity contribution in [2.45, 2.75) is 33.1 Å². The maximum atomic E-state index is 11.7. The summed E-state index contributed by atoms with van der Waals surface area (Å²) in [6.45, 7) is 4.09. The van der Waals surface area contributed by atoms with Gasteiger partial charge in [-0.15, -0.1) is 0 Å². The van der Waals surface area contributed by atoms with E-state index in [4.69, 9.17) is 9.57 Å². The zero-order chi connectivity index (χ0) is 10.6. The van der Waals surface area contributed by atoms with E-state index >= 15 is 0 Å². The molecular weight excluding hydrogens is 182 g/mol. The van der Waals surface area contributed by atoms with Gasteiger partial charge in [0.15, 0.2) is 0 Å². The number of carbonyl (C=O) groups is 1. The van der Waals surface area contributed by atoms with Gasteiger partial charge in [0.1, 0.15) is 12.5 Å². The molecule has 0 amide bonds. The molecule has 4 nitrogen and oxygen atoms in total. The molecule has 0 radical (unpaired) electrons. The molecule has 80 valence electrons. The molecule has 1 rings (SSSR count). The predicted molar refractivity (Wildman–Crippen MR) is 53.0 cm³/mol. The Morgan fingerprint density at radius 3 is 2.93 bits per heavy atom. The Labute approximate surface area is 84.3 Å². The van der Waals surface area contributed by atoms with Gasteiger partial charge in [-0.25, -0.2) is 0 Å². The molecule has 1 aliphatic rings. The first kappa shape index (κ1) is 11.0. The van der Waals surface area contributed by atoms with Crippen molar-refractivity contribution in [3.63, 3.8) is 0 Å². The number of carbonyl (C=O) groups excluding carboxylic acids is 1. The first-order valence-corrected chi connectivity index (χ1v) is 4.93. The average molecular weight is 199 g/mol. The molecule has 1 saturated carbocycles. The van der Waals surface area contributed by atoms with Crippen molar-refractivity contribution in [1.29, 1.82) is 0 Å². The smallest absolute Gasteiger partial charge is 0.317 e. The van der Waals surface area contributed by atoms with E-state index in [-0.39, 0.29) is 5.97 Å². The molecule has 1 fully saturated rings. The first-order valence-electron chi connectivity index (χ1n) is 4.93. The minimum atomic E-state index is -0.563. The van der Waals surface area contributed by atoms with Crippen LogP contribution in [0, 0.1) is 5.41 Å². The highest BCUT2D eigenvalue weighted by Gasteiger charge is 2.44. The van der Waals surface area contributed by atoms with E-state index in [0.29, 0.717) is 6.61 Å². The van der Waals surface area contributed by atoms with Crippen LogP contribution in [0.3, 0.4) is 0 Å². The van der Waals surface area contributed by atoms with E-state index in [0.717, 1.165) is 25.0 Å². The van der Waals surface area contributed by atoms with Crippen LogP contribution >= 0.6 is 0 Å². The quantitative estimate of drug-likeness (QED) is 0.514. The summed E-state index contributed by atoms with van der Waals surface area (Å²) in [6.07, 6.45) is 2.59. The lowest BCUT2D eigenvalue weighted by atomic mass is 9.87. The maximum absolute atomic E-state index is 11.7. The Bertz CT molecular complexity index is 250. The molecule has 14 heavy (non-hydrogen) atoms. The summed E-state index contributed by atoms with van der Waals surface area (Å²) in [6, 6.07) is 0. The number of nitrogens with zero attached hydrogens (tertiary/aromatic N) is 1. The summed E-state index contributed by atoms with van der Waals surface area (Å²) in [5.74, 6) is -0.187. The molecule has 0 saturated heterocycles. The standard InChI is InChI=1S/C10H17NO3/c1-4-14-9(12)10(2)7-5-6-8(10)11-13-3/h4-7H2,1-3H3/b11-8+/t10-/m0/s1. The second kappa shape index (κ2) is 4.44. The van der Waals surface area contributed by atoms with Crippen molar-refractivity contribution in [1.82, 2.24) is 0 Å². The van der Waals surface area contributed by atoms with Crippen LogP contribution in [0.4, 0.5) is 0 Å². The van der Waals surface area contributed by atoms with Crippen LogP contribution < -0.4 is 0 Å². The number of esters is 1. The third-order valence-corrected chi connectivity index (χ3v) is 2.65. The predicted octanol–water partition coefficient (Wildman–Crippen LogP) is 1.74. The second-order valence-corrected chi connectivity index (χ2v) is 3.63. The van der Waals surface area contributed by atoms with Crippen molar-refractivity contribution >= 4 is 11.7 Å². The van der Waals surface area contributed by atoms with Crippen molar-refractivity contribution in [3.05, 3.63) is 0 Å². The summed E-state index contributed by atoms with van der Waals surface area (Å²) >= 11 is 0. The molecule has 4 heteroatoms. The van der Waals surface area contributed by atoms with E-state index in [1.54, 1.807) is 0 Å². The fraction of sp³-hybridized carbons (Fsp3) is 0.800. The number of ether oxygens (including phenoxy) is 1. The van der Waals surface area contributed by atoms with Crippen LogP contribution in [0.2, 0.25) is 0 Å². The first-order chi connectivity index (χ1) is 6.65. The van der Waals surface area contributed by atoms with Crippen LogP contribution in [0.25, 0.3) is 0 Å². The Morgan fingerprint density at radius 2 is 2.36 bits per heavy atom. The molecule has 0 aromatic rings. The van der Waals surface area contributed by atoms with Gasteiger partial charge in [0, 0.05) is 0 Å². The van der Waals surface area contributed by atoms with Gasteiger partial charge in [-0.05, 0) is 33.1 Å². The number of oxime groups is 1. The minimum absolute atomic E-state index is 0.187. The van der Waals surface area contributed by atoms with Crippen LogP contribution in [0.1, 0.15) is 33.1 Å². The van der Waals surface area contributed by atoms with Gasteiger partial charge in [-0.3, -0.25) is 4.79 Å². The lowest BCUT2D eigenvalue weighted by Crippen LogP contribution is -2.34. The van der Waals surface area contributed by atoms with Crippen molar-refractivity contribution in [3.8, 4) is 0 Å². The normalized spacial score (nSPS) is 29.2. The molecule has 0 N–H and O–H groups in total. The van der Waals surface area contributed by atoms with Crippen LogP contribution in [-0.2, 0) is 14.4 Å². The van der Waals surface area contributed by atoms with Gasteiger partial charge < -0.3 is 9.57 Å². The number of hydrogen-bond acceptors (Lipinski definition) is 4. The van der Waals surface area contributed by atoms with Gasteiger partial charge >= 0.3 is 5.97 Å². The largest absolute Gasteiger partial charge is 0.465 e. The van der Waals surface area contributed by atoms with E-state index in [9.17, 15) is 4.79 Å². The van der Waals surface area contributed by atoms with E-state index in [2.05, 4.69) is 5.16 Å². The highest BCUT2D eigenvalue weighted by atomic mass is 16.6. The molecule has 0 bridgehead atoms. The number of rotatable bonds is 3. The van der Waals surface area contributed by atoms with Gasteiger partial charge in [0.25, 0.3) is 0 Å². The third-order valence-electron chi connectivity index (χ3n) is 2.65. The summed E-state index contributed by atoms with van der Waals surface area (Å²) in [7, 11) is 1.50. The third kappa shape index (κ3) is 1.89. The van der Waals surface area contributed by atoms with Gasteiger partial charge in [0.2, 0.25) is 0 Å². The fourth-order valence-electron chi connectivity index (χ4n) is 1.80. The zero-order valence-corrected chi connectivity index (χ0v) is 9.00. The van der Waals surface area contributed by atoms with E-state index in [1.165, 1.54) is 7.11 Å². The SMILES string of the molecule is CCOC(=O)[C@@]1(C)CCC/C1=N\OC. The van der Waals surface area contributed by atoms with Gasteiger partial charge in [-0.2, -0.15) is 0 Å². The van der Waals surface area contributed by atoms with Crippen molar-refractivity contribution in [2.24, 2.45) is 10.6 Å². The summed E-state index contributed by atoms with van der Waals surface area (Å²) in [5.41, 5.74) is 0.241. The molecule has 0 heterocycles. The lowest BCUT2D eigenvalue weighted by molar-refractivity contribution is -0.150. The highest BCUT2D eigenvalue weighted by molar-refractivity contribution is 6.07. The molecule has 0 spiro atoms. The van der Waals surface area contributed by atoms with Crippen LogP contribution in [-0.4, -0.2) is 25.4 Å². The van der Waals surface area contributed by atoms with Gasteiger partial charge in [0.05, 0.1) is 12.3 Å². The zero-order valence-electron chi connectivity index (χ0n) is 9.00. The monoisotopic (exact) mass is 199 g/mol. The average Bonchev–Trinajstić information content (AvgIpc) is 2.51. The van der Waals surface area contributed by atoms with Crippen molar-refractivity contribution in [2.75, 3.05) is 13.7 Å². The maximum Gasteiger partial charge on any atom is 0.317 e. The fourth-order valence-corrected chi connectivity index (χ4v) is 1.80. The summed E-state index contributed by atoms with van der Waals surface area (Å²) in [5, 5.41) is 3.90. The molecular formula is C10H17NO3. The Hall–Kier alpha value is -1.06. The molecule has 0 aromatic carbocycles. The Morgan fingerprint density at radius 1 is 1.64 bits per heavy atom. The van der Waals surface area contributed by atoms with Crippen LogP contribution in [0.5, 0.6) is 0 Å². The molecule has 1 atom stereocenters. The Kier molecular flexibility index (Phi) is 3.49. The highest BCUT2D eigenvalue weighted by Crippen LogP contribution is 2.36. The summed E-state index contributed by atoms with van der Waals surface area (Å²) < 4.78 is 5.03. The van der Waals surface area contributed by atoms with Crippen molar-refractivity contribution < 1.29 is 14.4 Å². The summed E-state index contributed by atoms with van der Waals surface area (Å²) in [4.78, 5) is 16.4. The van der Waals surface area contributed by atoms with E-state index in [1.807, 2.05) is 13.8 Å². The number of hydrogen-bond donors (Lipinski definition) is 0. The van der Waals surface area contributed by atoms with Crippen LogP contribution in [0.15, 0.2) is 5.16 Å². The topological polar surface area (TPSA) is 47.9 Å². The molecule has 0 aliphatic heterocycles. The molecule has 0 aromatic heterocycles.